The quantitative estimate of drug-likeness (QED) is 0.180. The highest BCUT2D eigenvalue weighted by atomic mass is 16.5. The van der Waals surface area contributed by atoms with Gasteiger partial charge in [-0.25, -0.2) is 0 Å². The number of carbonyl (C=O) groups excluding carboxylic acids is 2. The number of fused-ring (bicyclic) bond motifs is 7. The van der Waals surface area contributed by atoms with Crippen molar-refractivity contribution in [3.8, 4) is 31.4 Å². The second kappa shape index (κ2) is 20.8. The smallest absolute Gasteiger partial charge is 0.309 e. The number of terminal acetylenes is 2. The molecule has 330 valence electrons. The van der Waals surface area contributed by atoms with Gasteiger partial charge in [0.25, 0.3) is 0 Å². The molecule has 5 aliphatic rings. The number of carbonyl (C=O) groups is 3. The van der Waals surface area contributed by atoms with Crippen molar-refractivity contribution in [1.82, 2.24) is 0 Å². The van der Waals surface area contributed by atoms with Gasteiger partial charge in [0.2, 0.25) is 0 Å². The molecule has 9 unspecified atom stereocenters. The number of aliphatic carboxylic acids is 1. The number of phenols is 1. The van der Waals surface area contributed by atoms with E-state index in [2.05, 4.69) is 74.2 Å². The van der Waals surface area contributed by atoms with Gasteiger partial charge >= 0.3 is 11.9 Å². The Labute approximate surface area is 360 Å². The number of benzene rings is 1. The zero-order valence-electron chi connectivity index (χ0n) is 39.4. The van der Waals surface area contributed by atoms with Crippen molar-refractivity contribution in [3.05, 3.63) is 41.0 Å². The second-order valence-electron chi connectivity index (χ2n) is 19.9. The van der Waals surface area contributed by atoms with Gasteiger partial charge in [-0.1, -0.05) is 93.9 Å². The van der Waals surface area contributed by atoms with E-state index in [0.29, 0.717) is 47.5 Å². The molecule has 6 rings (SSSR count). The molecule has 0 saturated heterocycles. The molecule has 0 amide bonds. The largest absolute Gasteiger partial charge is 0.508 e. The molecule has 1 aromatic rings. The Morgan fingerprint density at radius 2 is 1.41 bits per heavy atom. The number of hydrogen-bond acceptors (Lipinski definition) is 5. The highest BCUT2D eigenvalue weighted by Gasteiger charge is 2.67. The Hall–Kier alpha value is -3.51. The Kier molecular flexibility index (Phi) is 18.2. The summed E-state index contributed by atoms with van der Waals surface area (Å²) in [7, 11) is 0. The van der Waals surface area contributed by atoms with Crippen molar-refractivity contribution in [2.75, 3.05) is 0 Å². The normalized spacial score (nSPS) is 31.8. The average Bonchev–Trinajstić information content (AvgIpc) is 3.53. The van der Waals surface area contributed by atoms with Crippen LogP contribution in [0.1, 0.15) is 173 Å². The summed E-state index contributed by atoms with van der Waals surface area (Å²) < 4.78 is 6.17. The summed E-state index contributed by atoms with van der Waals surface area (Å²) in [5.74, 6) is 2.11. The van der Waals surface area contributed by atoms with E-state index in [4.69, 9.17) is 4.74 Å². The maximum atomic E-state index is 14.0. The SMILES string of the molecule is C#C.C#C.CC.CC.CC(C)C1=C2C3CCC4C(C)(CCC5C(C)(C)C(OC(=O)CC(C)(C)C(=O)O)CCC54C)C3CCC2(C(C)CCCc2ccc(O)cc2)CC1=O. The summed E-state index contributed by atoms with van der Waals surface area (Å²) >= 11 is 0. The van der Waals surface area contributed by atoms with Crippen LogP contribution in [0.2, 0.25) is 0 Å². The molecular formula is C53H82O6. The Balaban J connectivity index is 0.00000141. The maximum absolute atomic E-state index is 14.0. The molecule has 4 saturated carbocycles. The summed E-state index contributed by atoms with van der Waals surface area (Å²) in [6, 6.07) is 7.62. The van der Waals surface area contributed by atoms with Crippen LogP contribution in [0.15, 0.2) is 35.4 Å². The summed E-state index contributed by atoms with van der Waals surface area (Å²) in [5.41, 5.74) is 2.99. The number of carboxylic acids is 1. The molecule has 5 aliphatic carbocycles. The zero-order valence-corrected chi connectivity index (χ0v) is 39.4. The fraction of sp³-hybridized carbons (Fsp3) is 0.717. The first-order valence-corrected chi connectivity index (χ1v) is 22.9. The van der Waals surface area contributed by atoms with E-state index in [-0.39, 0.29) is 40.1 Å². The first-order chi connectivity index (χ1) is 27.8. The first kappa shape index (κ1) is 51.6. The summed E-state index contributed by atoms with van der Waals surface area (Å²) in [6.07, 6.45) is 28.4. The number of aryl methyl sites for hydroxylation is 1. The molecule has 0 radical (unpaired) electrons. The number of allylic oxidation sites excluding steroid dienone is 2. The van der Waals surface area contributed by atoms with Crippen molar-refractivity contribution in [3.63, 3.8) is 0 Å². The number of carboxylic acid groups (broad SMARTS) is 1. The number of Topliss-reactive ketones (excluding diaryl/α,β-unsaturated/α-hetero) is 1. The van der Waals surface area contributed by atoms with Crippen molar-refractivity contribution in [2.45, 2.75) is 180 Å². The van der Waals surface area contributed by atoms with Crippen LogP contribution in [0.4, 0.5) is 0 Å². The van der Waals surface area contributed by atoms with Gasteiger partial charge in [0.05, 0.1) is 11.8 Å². The molecule has 0 heterocycles. The molecule has 9 atom stereocenters. The summed E-state index contributed by atoms with van der Waals surface area (Å²) in [4.78, 5) is 38.8. The molecule has 0 aromatic heterocycles. The maximum Gasteiger partial charge on any atom is 0.309 e. The van der Waals surface area contributed by atoms with Crippen LogP contribution in [0, 0.1) is 88.3 Å². The van der Waals surface area contributed by atoms with Gasteiger partial charge in [0.1, 0.15) is 11.9 Å². The molecular weight excluding hydrogens is 733 g/mol. The minimum atomic E-state index is -1.15. The van der Waals surface area contributed by atoms with Crippen LogP contribution >= 0.6 is 0 Å². The lowest BCUT2D eigenvalue weighted by molar-refractivity contribution is -0.214. The number of hydrogen-bond donors (Lipinski definition) is 2. The van der Waals surface area contributed by atoms with E-state index in [9.17, 15) is 24.6 Å². The minimum Gasteiger partial charge on any atom is -0.508 e. The third-order valence-electron chi connectivity index (χ3n) is 16.0. The van der Waals surface area contributed by atoms with Crippen molar-refractivity contribution in [2.24, 2.45) is 62.6 Å². The van der Waals surface area contributed by atoms with Crippen molar-refractivity contribution in [1.29, 1.82) is 0 Å². The van der Waals surface area contributed by atoms with Crippen LogP contribution < -0.4 is 0 Å². The van der Waals surface area contributed by atoms with Crippen LogP contribution in [0.5, 0.6) is 5.75 Å². The van der Waals surface area contributed by atoms with E-state index in [0.717, 1.165) is 51.4 Å². The number of ketones is 1. The fourth-order valence-electron chi connectivity index (χ4n) is 13.4. The van der Waals surface area contributed by atoms with Gasteiger partial charge < -0.3 is 14.9 Å². The first-order valence-electron chi connectivity index (χ1n) is 22.9. The van der Waals surface area contributed by atoms with Crippen LogP contribution in [-0.4, -0.2) is 34.0 Å². The van der Waals surface area contributed by atoms with Gasteiger partial charge in [-0.2, -0.15) is 0 Å². The van der Waals surface area contributed by atoms with Gasteiger partial charge in [0.15, 0.2) is 5.78 Å². The Bertz CT molecular complexity index is 1640. The molecule has 0 aliphatic heterocycles. The minimum absolute atomic E-state index is 0.0176. The highest BCUT2D eigenvalue weighted by molar-refractivity contribution is 6.00. The van der Waals surface area contributed by atoms with Crippen molar-refractivity contribution < 1.29 is 29.3 Å². The summed E-state index contributed by atoms with van der Waals surface area (Å²) in [5, 5.41) is 19.3. The third-order valence-corrected chi connectivity index (χ3v) is 16.0. The Morgan fingerprint density at radius 1 is 0.831 bits per heavy atom. The van der Waals surface area contributed by atoms with E-state index in [1.165, 1.54) is 30.4 Å². The Morgan fingerprint density at radius 3 is 1.97 bits per heavy atom. The third kappa shape index (κ3) is 9.84. The fourth-order valence-corrected chi connectivity index (χ4v) is 13.4. The number of esters is 1. The zero-order chi connectivity index (χ0) is 45.3. The van der Waals surface area contributed by atoms with Gasteiger partial charge in [-0.15, -0.1) is 25.7 Å². The molecule has 4 fully saturated rings. The number of aromatic hydroxyl groups is 1. The second-order valence-corrected chi connectivity index (χ2v) is 19.9. The topological polar surface area (TPSA) is 101 Å². The molecule has 6 heteroatoms. The number of phenolic OH excluding ortho intramolecular Hbond substituents is 1. The van der Waals surface area contributed by atoms with Crippen LogP contribution in [0.3, 0.4) is 0 Å². The molecule has 59 heavy (non-hydrogen) atoms. The van der Waals surface area contributed by atoms with E-state index >= 15 is 0 Å². The average molecular weight is 815 g/mol. The van der Waals surface area contributed by atoms with Gasteiger partial charge in [-0.05, 0) is 154 Å². The molecule has 1 aromatic carbocycles. The predicted molar refractivity (Wildman–Crippen MR) is 243 cm³/mol. The van der Waals surface area contributed by atoms with Crippen LogP contribution in [-0.2, 0) is 25.5 Å². The lowest BCUT2D eigenvalue weighted by atomic mass is 9.36. The van der Waals surface area contributed by atoms with Gasteiger partial charge in [0, 0.05) is 17.3 Å². The number of rotatable bonds is 10. The van der Waals surface area contributed by atoms with Crippen LogP contribution in [0.25, 0.3) is 0 Å². The van der Waals surface area contributed by atoms with E-state index in [1.54, 1.807) is 31.6 Å². The molecule has 0 bridgehead atoms. The lowest BCUT2D eigenvalue weighted by Crippen LogP contribution is -2.63. The van der Waals surface area contributed by atoms with Crippen molar-refractivity contribution >= 4 is 17.7 Å². The standard InChI is InChI=1S/C45H66O6.2C2H6.2C2H2/c1-27(2)38-33(47)25-45(28(3)11-10-12-29-13-15-30(46)16-14-29)24-19-32-31(39(38)45)17-18-35-43(32,8)22-20-34-42(6,7)36(21-23-44(34,35)9)51-37(48)26-41(4,5)40(49)50;4*1-2/h13-16,27-28,31-32,34-36,46H,10-12,17-26H2,1-9H3,(H,49,50);2*1-2H3;2*1-2H. The monoisotopic (exact) mass is 815 g/mol. The summed E-state index contributed by atoms with van der Waals surface area (Å²) in [6.45, 7) is 27.9. The van der Waals surface area contributed by atoms with Gasteiger partial charge in [-0.3, -0.25) is 14.4 Å². The number of ether oxygens (including phenoxy) is 1. The lowest BCUT2D eigenvalue weighted by Gasteiger charge is -2.69. The molecule has 0 spiro atoms. The molecule has 2 N–H and O–H groups in total. The predicted octanol–water partition coefficient (Wildman–Crippen LogP) is 12.9. The van der Waals surface area contributed by atoms with E-state index < -0.39 is 17.4 Å². The molecule has 6 nitrogen and oxygen atoms in total. The van der Waals surface area contributed by atoms with E-state index in [1.807, 2.05) is 39.8 Å². The highest BCUT2D eigenvalue weighted by Crippen LogP contribution is 2.73.